The summed E-state index contributed by atoms with van der Waals surface area (Å²) >= 11 is 6.37. The maximum Gasteiger partial charge on any atom is 0.408 e. The Morgan fingerprint density at radius 3 is 2.20 bits per heavy atom. The number of rotatable bonds is 6. The van der Waals surface area contributed by atoms with Crippen LogP contribution in [0.25, 0.3) is 0 Å². The lowest BCUT2D eigenvalue weighted by molar-refractivity contribution is -0.106. The maximum atomic E-state index is 13.1. The van der Waals surface area contributed by atoms with E-state index >= 15 is 0 Å². The first kappa shape index (κ1) is 22.4. The number of para-hydroxylation sites is 1. The fourth-order valence-corrected chi connectivity index (χ4v) is 5.56. The fraction of sp³-hybridized carbons (Fsp3) is 0.200. The predicted octanol–water partition coefficient (Wildman–Crippen LogP) is 4.66. The molecule has 10 heteroatoms. The molecule has 2 aromatic rings. The first-order valence-corrected chi connectivity index (χ1v) is 10.8. The van der Waals surface area contributed by atoms with Crippen molar-refractivity contribution in [3.05, 3.63) is 77.5 Å². The molecule has 0 saturated heterocycles. The summed E-state index contributed by atoms with van der Waals surface area (Å²) in [6.07, 6.45) is -1.95. The number of halogens is 4. The molecular formula is C20H19ClF3N2O3S+. The molecule has 1 unspecified atom stereocenters. The third kappa shape index (κ3) is 4.39. The van der Waals surface area contributed by atoms with Crippen LogP contribution in [-0.4, -0.2) is 33.4 Å². The van der Waals surface area contributed by atoms with Gasteiger partial charge in [0.2, 0.25) is 5.16 Å². The molecule has 0 spiro atoms. The highest BCUT2D eigenvalue weighted by molar-refractivity contribution is 7.91. The molecule has 0 saturated carbocycles. The molecule has 1 atom stereocenters. The Balaban J connectivity index is 2.08. The van der Waals surface area contributed by atoms with Crippen molar-refractivity contribution < 1.29 is 26.3 Å². The molecule has 1 aliphatic rings. The summed E-state index contributed by atoms with van der Waals surface area (Å²) in [7, 11) is -4.84. The second kappa shape index (κ2) is 8.43. The van der Waals surface area contributed by atoms with Crippen LogP contribution in [0.1, 0.15) is 0 Å². The van der Waals surface area contributed by atoms with Gasteiger partial charge in [-0.15, -0.1) is 3.89 Å². The van der Waals surface area contributed by atoms with Gasteiger partial charge in [0.05, 0.1) is 0 Å². The van der Waals surface area contributed by atoms with Gasteiger partial charge in [0, 0.05) is 24.3 Å². The lowest BCUT2D eigenvalue weighted by Gasteiger charge is -2.37. The van der Waals surface area contributed by atoms with E-state index in [4.69, 9.17) is 22.1 Å². The van der Waals surface area contributed by atoms with Crippen LogP contribution in [0.4, 0.5) is 18.9 Å². The maximum absolute atomic E-state index is 13.1. The van der Waals surface area contributed by atoms with Gasteiger partial charge >= 0.3 is 16.2 Å². The van der Waals surface area contributed by atoms with E-state index in [9.17, 15) is 21.6 Å². The van der Waals surface area contributed by atoms with Crippen molar-refractivity contribution in [3.63, 3.8) is 0 Å². The molecule has 1 aliphatic heterocycles. The molecule has 0 bridgehead atoms. The highest BCUT2D eigenvalue weighted by Gasteiger charge is 2.54. The van der Waals surface area contributed by atoms with E-state index < -0.39 is 25.8 Å². The number of hydrogen-bond donors (Lipinski definition) is 1. The van der Waals surface area contributed by atoms with Crippen molar-refractivity contribution in [1.82, 2.24) is 3.89 Å². The van der Waals surface area contributed by atoms with Gasteiger partial charge in [-0.25, -0.2) is 0 Å². The number of benzene rings is 2. The van der Waals surface area contributed by atoms with Gasteiger partial charge in [0.15, 0.2) is 11.4 Å². The van der Waals surface area contributed by atoms with E-state index in [0.717, 1.165) is 0 Å². The lowest BCUT2D eigenvalue weighted by Crippen LogP contribution is -2.56. The third-order valence-electron chi connectivity index (χ3n) is 4.54. The molecule has 5 nitrogen and oxygen atoms in total. The van der Waals surface area contributed by atoms with E-state index in [1.54, 1.807) is 24.3 Å². The molecule has 0 radical (unpaired) electrons. The van der Waals surface area contributed by atoms with E-state index in [1.807, 2.05) is 6.07 Å². The standard InChI is InChI=1S/C20H19ClF3N2O3S/c21-19-15(13-25)5-4-12-26(19,30(27,28)14-20(22,23)24)16-8-10-18(11-9-16)29-17-6-2-1-3-7-17/h1-11H,12-14,25H2/q+1. The number of nitrogens with zero attached hydrogens (tertiary/aromatic N) is 1. The predicted molar refractivity (Wildman–Crippen MR) is 111 cm³/mol. The van der Waals surface area contributed by atoms with Gasteiger partial charge in [-0.3, -0.25) is 0 Å². The number of sulfonamides is 1. The van der Waals surface area contributed by atoms with Crippen molar-refractivity contribution in [1.29, 1.82) is 0 Å². The van der Waals surface area contributed by atoms with E-state index in [-0.39, 0.29) is 29.5 Å². The van der Waals surface area contributed by atoms with Crippen LogP contribution < -0.4 is 14.4 Å². The molecular weight excluding hydrogens is 441 g/mol. The molecule has 30 heavy (non-hydrogen) atoms. The zero-order valence-electron chi connectivity index (χ0n) is 15.6. The summed E-state index contributed by atoms with van der Waals surface area (Å²) in [5.74, 6) is -1.07. The van der Waals surface area contributed by atoms with Crippen LogP contribution in [0.3, 0.4) is 0 Å². The van der Waals surface area contributed by atoms with Gasteiger partial charge in [-0.1, -0.05) is 18.2 Å². The van der Waals surface area contributed by atoms with Gasteiger partial charge < -0.3 is 10.5 Å². The molecule has 160 valence electrons. The van der Waals surface area contributed by atoms with Crippen molar-refractivity contribution in [2.24, 2.45) is 5.73 Å². The number of quaternary nitrogens is 1. The van der Waals surface area contributed by atoms with Gasteiger partial charge in [-0.05, 0) is 48.0 Å². The number of alkyl halides is 3. The summed E-state index contributed by atoms with van der Waals surface area (Å²) in [4.78, 5) is 0. The zero-order valence-corrected chi connectivity index (χ0v) is 17.2. The molecule has 0 fully saturated rings. The monoisotopic (exact) mass is 459 g/mol. The van der Waals surface area contributed by atoms with Crippen LogP contribution in [0.15, 0.2) is 77.5 Å². The van der Waals surface area contributed by atoms with Crippen molar-refractivity contribution in [2.75, 3.05) is 18.8 Å². The Hall–Kier alpha value is -2.33. The molecule has 3 rings (SSSR count). The van der Waals surface area contributed by atoms with E-state index in [0.29, 0.717) is 11.5 Å². The minimum Gasteiger partial charge on any atom is -0.457 e. The van der Waals surface area contributed by atoms with Crippen molar-refractivity contribution in [2.45, 2.75) is 6.18 Å². The highest BCUT2D eigenvalue weighted by atomic mass is 35.5. The first-order chi connectivity index (χ1) is 14.1. The summed E-state index contributed by atoms with van der Waals surface area (Å²) in [5.41, 5.74) is 5.94. The quantitative estimate of drug-likeness (QED) is 0.504. The van der Waals surface area contributed by atoms with Crippen LogP contribution in [-0.2, 0) is 10.0 Å². The zero-order chi connectivity index (χ0) is 22.0. The van der Waals surface area contributed by atoms with Crippen LogP contribution >= 0.6 is 11.6 Å². The fourth-order valence-electron chi connectivity index (χ4n) is 3.19. The molecule has 1 heterocycles. The summed E-state index contributed by atoms with van der Waals surface area (Å²) in [5, 5.41) is -0.277. The Labute approximate surface area is 177 Å². The molecule has 0 aromatic heterocycles. The number of hydrogen-bond acceptors (Lipinski definition) is 4. The van der Waals surface area contributed by atoms with Crippen LogP contribution in [0, 0.1) is 0 Å². The summed E-state index contributed by atoms with van der Waals surface area (Å²) < 4.78 is 69.8. The smallest absolute Gasteiger partial charge is 0.408 e. The van der Waals surface area contributed by atoms with Crippen molar-refractivity contribution >= 4 is 27.3 Å². The lowest BCUT2D eigenvalue weighted by atomic mass is 10.2. The molecule has 2 aromatic carbocycles. The third-order valence-corrected chi connectivity index (χ3v) is 7.35. The van der Waals surface area contributed by atoms with Crippen molar-refractivity contribution in [3.8, 4) is 11.5 Å². The van der Waals surface area contributed by atoms with Gasteiger partial charge in [0.25, 0.3) is 0 Å². The Kier molecular flexibility index (Phi) is 6.28. The van der Waals surface area contributed by atoms with E-state index in [1.165, 1.54) is 36.4 Å². The number of ether oxygens (including phenoxy) is 1. The minimum absolute atomic E-state index is 0.0555. The number of nitrogens with two attached hydrogens (primary N) is 1. The molecule has 0 aliphatic carbocycles. The Bertz CT molecular complexity index is 1070. The average Bonchev–Trinajstić information content (AvgIpc) is 2.68. The SMILES string of the molecule is NCC1=C(Cl)[N+](c2ccc(Oc3ccccc3)cc2)(S(=O)(=O)CC(F)(F)F)CC=C1. The molecule has 0 amide bonds. The molecule has 2 N–H and O–H groups in total. The normalized spacial score (nSPS) is 19.8. The largest absolute Gasteiger partial charge is 0.457 e. The highest BCUT2D eigenvalue weighted by Crippen LogP contribution is 2.42. The average molecular weight is 460 g/mol. The Morgan fingerprint density at radius 2 is 1.63 bits per heavy atom. The topological polar surface area (TPSA) is 69.4 Å². The van der Waals surface area contributed by atoms with Crippen LogP contribution in [0.5, 0.6) is 11.5 Å². The summed E-state index contributed by atoms with van der Waals surface area (Å²) in [6, 6.07) is 14.6. The van der Waals surface area contributed by atoms with E-state index in [2.05, 4.69) is 0 Å². The second-order valence-electron chi connectivity index (χ2n) is 6.60. The summed E-state index contributed by atoms with van der Waals surface area (Å²) in [6.45, 7) is -0.411. The van der Waals surface area contributed by atoms with Gasteiger partial charge in [-0.2, -0.15) is 21.6 Å². The minimum atomic E-state index is -4.93. The van der Waals surface area contributed by atoms with Crippen LogP contribution in [0.2, 0.25) is 0 Å². The van der Waals surface area contributed by atoms with Gasteiger partial charge in [0.1, 0.15) is 18.0 Å². The first-order valence-electron chi connectivity index (χ1n) is 8.86. The Morgan fingerprint density at radius 1 is 1.03 bits per heavy atom. The second-order valence-corrected chi connectivity index (χ2v) is 9.03.